The zero-order valence-electron chi connectivity index (χ0n) is 15.5. The highest BCUT2D eigenvalue weighted by Gasteiger charge is 2.19. The molecule has 1 saturated heterocycles. The molecule has 0 bridgehead atoms. The third-order valence-corrected chi connectivity index (χ3v) is 4.91. The minimum absolute atomic E-state index is 0.139. The van der Waals surface area contributed by atoms with Crippen molar-refractivity contribution in [1.82, 2.24) is 15.2 Å². The van der Waals surface area contributed by atoms with Crippen molar-refractivity contribution in [2.75, 3.05) is 51.3 Å². The number of hydrogen-bond donors (Lipinski definition) is 1. The van der Waals surface area contributed by atoms with E-state index in [2.05, 4.69) is 27.1 Å². The molecule has 3 heterocycles. The fourth-order valence-corrected chi connectivity index (χ4v) is 3.33. The highest BCUT2D eigenvalue weighted by Crippen LogP contribution is 2.30. The fourth-order valence-electron chi connectivity index (χ4n) is 3.33. The number of carbonyl (C=O) groups is 1. The van der Waals surface area contributed by atoms with E-state index < -0.39 is 0 Å². The summed E-state index contributed by atoms with van der Waals surface area (Å²) in [6, 6.07) is 9.20. The summed E-state index contributed by atoms with van der Waals surface area (Å²) in [6.45, 7) is 5.38. The topological polar surface area (TPSA) is 66.9 Å². The van der Waals surface area contributed by atoms with E-state index in [-0.39, 0.29) is 5.91 Å². The van der Waals surface area contributed by atoms with Crippen molar-refractivity contribution >= 4 is 11.7 Å². The van der Waals surface area contributed by atoms with Crippen LogP contribution >= 0.6 is 0 Å². The SMILES string of the molecule is CN1CCN(c2ncccc2CNC(=O)c2ccc3c(c2)OCCO3)CC1. The Morgan fingerprint density at radius 1 is 1.11 bits per heavy atom. The van der Waals surface area contributed by atoms with Gasteiger partial charge < -0.3 is 24.6 Å². The molecule has 0 aliphatic carbocycles. The smallest absolute Gasteiger partial charge is 0.251 e. The van der Waals surface area contributed by atoms with Crippen molar-refractivity contribution in [1.29, 1.82) is 0 Å². The standard InChI is InChI=1S/C20H24N4O3/c1-23-7-9-24(10-8-23)19-16(3-2-6-21-19)14-22-20(25)15-4-5-17-18(13-15)27-12-11-26-17/h2-6,13H,7-12,14H2,1H3,(H,22,25). The molecule has 1 N–H and O–H groups in total. The van der Waals surface area contributed by atoms with Gasteiger partial charge in [-0.1, -0.05) is 6.07 Å². The highest BCUT2D eigenvalue weighted by atomic mass is 16.6. The molecule has 1 aromatic heterocycles. The first-order valence-electron chi connectivity index (χ1n) is 9.26. The molecule has 1 fully saturated rings. The number of rotatable bonds is 4. The van der Waals surface area contributed by atoms with Gasteiger partial charge in [0.15, 0.2) is 11.5 Å². The van der Waals surface area contributed by atoms with E-state index in [1.807, 2.05) is 12.1 Å². The number of likely N-dealkylation sites (N-methyl/N-ethyl adjacent to an activating group) is 1. The number of piperazine rings is 1. The average molecular weight is 368 g/mol. The lowest BCUT2D eigenvalue weighted by atomic mass is 10.1. The van der Waals surface area contributed by atoms with Crippen LogP contribution in [0.5, 0.6) is 11.5 Å². The summed E-state index contributed by atoms with van der Waals surface area (Å²) in [7, 11) is 2.13. The molecule has 0 atom stereocenters. The van der Waals surface area contributed by atoms with Gasteiger partial charge >= 0.3 is 0 Å². The summed E-state index contributed by atoms with van der Waals surface area (Å²) in [5.41, 5.74) is 1.58. The van der Waals surface area contributed by atoms with Crippen LogP contribution in [0, 0.1) is 0 Å². The van der Waals surface area contributed by atoms with Crippen LogP contribution in [-0.2, 0) is 6.54 Å². The van der Waals surface area contributed by atoms with E-state index >= 15 is 0 Å². The van der Waals surface area contributed by atoms with E-state index in [0.29, 0.717) is 36.8 Å². The van der Waals surface area contributed by atoms with E-state index in [4.69, 9.17) is 9.47 Å². The number of fused-ring (bicyclic) bond motifs is 1. The third kappa shape index (κ3) is 3.98. The molecule has 7 heteroatoms. The second kappa shape index (κ2) is 7.84. The Kier molecular flexibility index (Phi) is 5.11. The highest BCUT2D eigenvalue weighted by molar-refractivity contribution is 5.94. The fraction of sp³-hybridized carbons (Fsp3) is 0.400. The Morgan fingerprint density at radius 2 is 1.89 bits per heavy atom. The minimum Gasteiger partial charge on any atom is -0.486 e. The Labute approximate surface area is 158 Å². The van der Waals surface area contributed by atoms with Gasteiger partial charge in [-0.2, -0.15) is 0 Å². The summed E-state index contributed by atoms with van der Waals surface area (Å²) in [4.78, 5) is 21.7. The maximum absolute atomic E-state index is 12.6. The van der Waals surface area contributed by atoms with Gasteiger partial charge in [0, 0.05) is 50.0 Å². The van der Waals surface area contributed by atoms with Gasteiger partial charge in [-0.3, -0.25) is 4.79 Å². The number of amides is 1. The lowest BCUT2D eigenvalue weighted by Crippen LogP contribution is -2.45. The molecule has 142 valence electrons. The lowest BCUT2D eigenvalue weighted by Gasteiger charge is -2.34. The van der Waals surface area contributed by atoms with Crippen molar-refractivity contribution in [3.8, 4) is 11.5 Å². The summed E-state index contributed by atoms with van der Waals surface area (Å²) < 4.78 is 11.1. The molecule has 0 unspecified atom stereocenters. The normalized spacial score (nSPS) is 16.9. The quantitative estimate of drug-likeness (QED) is 0.883. The first-order valence-corrected chi connectivity index (χ1v) is 9.26. The second-order valence-electron chi connectivity index (χ2n) is 6.82. The monoisotopic (exact) mass is 368 g/mol. The van der Waals surface area contributed by atoms with Gasteiger partial charge in [-0.15, -0.1) is 0 Å². The lowest BCUT2D eigenvalue weighted by molar-refractivity contribution is 0.0949. The number of carbonyl (C=O) groups excluding carboxylic acids is 1. The first-order chi connectivity index (χ1) is 13.2. The van der Waals surface area contributed by atoms with E-state index in [9.17, 15) is 4.79 Å². The predicted octanol–water partition coefficient (Wildman–Crippen LogP) is 1.53. The number of anilines is 1. The predicted molar refractivity (Wildman–Crippen MR) is 103 cm³/mol. The molecule has 0 radical (unpaired) electrons. The molecule has 1 aromatic carbocycles. The van der Waals surface area contributed by atoms with E-state index in [0.717, 1.165) is 37.6 Å². The number of nitrogens with zero attached hydrogens (tertiary/aromatic N) is 3. The van der Waals surface area contributed by atoms with Crippen LogP contribution in [0.3, 0.4) is 0 Å². The molecule has 0 spiro atoms. The van der Waals surface area contributed by atoms with Crippen LogP contribution in [-0.4, -0.2) is 62.2 Å². The van der Waals surface area contributed by atoms with Crippen molar-refractivity contribution in [3.63, 3.8) is 0 Å². The molecular weight excluding hydrogens is 344 g/mol. The van der Waals surface area contributed by atoms with Crippen molar-refractivity contribution in [2.45, 2.75) is 6.54 Å². The molecule has 0 saturated carbocycles. The van der Waals surface area contributed by atoms with Crippen molar-refractivity contribution in [3.05, 3.63) is 47.7 Å². The molecule has 2 aromatic rings. The van der Waals surface area contributed by atoms with E-state index in [1.165, 1.54) is 0 Å². The maximum atomic E-state index is 12.6. The van der Waals surface area contributed by atoms with Crippen LogP contribution in [0.25, 0.3) is 0 Å². The van der Waals surface area contributed by atoms with Gasteiger partial charge in [-0.25, -0.2) is 4.98 Å². The summed E-state index contributed by atoms with van der Waals surface area (Å²) in [6.07, 6.45) is 1.81. The molecule has 1 amide bonds. The average Bonchev–Trinajstić information content (AvgIpc) is 2.72. The van der Waals surface area contributed by atoms with Gasteiger partial charge in [0.1, 0.15) is 19.0 Å². The number of aromatic nitrogens is 1. The largest absolute Gasteiger partial charge is 0.486 e. The van der Waals surface area contributed by atoms with Crippen LogP contribution in [0.15, 0.2) is 36.5 Å². The van der Waals surface area contributed by atoms with Gasteiger partial charge in [-0.05, 0) is 31.3 Å². The van der Waals surface area contributed by atoms with Gasteiger partial charge in [0.05, 0.1) is 0 Å². The molecule has 2 aliphatic rings. The second-order valence-corrected chi connectivity index (χ2v) is 6.82. The van der Waals surface area contributed by atoms with Crippen LogP contribution < -0.4 is 19.7 Å². The van der Waals surface area contributed by atoms with Gasteiger partial charge in [0.2, 0.25) is 0 Å². The number of hydrogen-bond acceptors (Lipinski definition) is 6. The van der Waals surface area contributed by atoms with Gasteiger partial charge in [0.25, 0.3) is 5.91 Å². The number of pyridine rings is 1. The zero-order chi connectivity index (χ0) is 18.6. The summed E-state index contributed by atoms with van der Waals surface area (Å²) >= 11 is 0. The van der Waals surface area contributed by atoms with Crippen molar-refractivity contribution < 1.29 is 14.3 Å². The summed E-state index contributed by atoms with van der Waals surface area (Å²) in [5.74, 6) is 2.11. The Morgan fingerprint density at radius 3 is 2.70 bits per heavy atom. The molecule has 4 rings (SSSR count). The van der Waals surface area contributed by atoms with Crippen molar-refractivity contribution in [2.24, 2.45) is 0 Å². The van der Waals surface area contributed by atoms with Crippen LogP contribution in [0.2, 0.25) is 0 Å². The Hall–Kier alpha value is -2.80. The number of ether oxygens (including phenoxy) is 2. The summed E-state index contributed by atoms with van der Waals surface area (Å²) in [5, 5.41) is 3.00. The third-order valence-electron chi connectivity index (χ3n) is 4.91. The first kappa shape index (κ1) is 17.6. The maximum Gasteiger partial charge on any atom is 0.251 e. The molecule has 7 nitrogen and oxygen atoms in total. The molecule has 27 heavy (non-hydrogen) atoms. The number of nitrogens with one attached hydrogen (secondary N) is 1. The zero-order valence-corrected chi connectivity index (χ0v) is 15.5. The molecule has 2 aliphatic heterocycles. The van der Waals surface area contributed by atoms with E-state index in [1.54, 1.807) is 24.4 Å². The Balaban J connectivity index is 1.43. The van der Waals surface area contributed by atoms with Crippen LogP contribution in [0.1, 0.15) is 15.9 Å². The minimum atomic E-state index is -0.139. The number of benzene rings is 1. The molecular formula is C20H24N4O3. The van der Waals surface area contributed by atoms with Crippen LogP contribution in [0.4, 0.5) is 5.82 Å². The Bertz CT molecular complexity index is 819.